The molecule has 0 aromatic carbocycles. The van der Waals surface area contributed by atoms with E-state index in [9.17, 15) is 4.79 Å². The summed E-state index contributed by atoms with van der Waals surface area (Å²) in [5.41, 5.74) is 0. The Morgan fingerprint density at radius 2 is 1.79 bits per heavy atom. The molecule has 0 fully saturated rings. The lowest BCUT2D eigenvalue weighted by atomic mass is 10.1. The highest BCUT2D eigenvalue weighted by molar-refractivity contribution is 5.66. The van der Waals surface area contributed by atoms with E-state index in [1.807, 2.05) is 4.57 Å². The number of hydrogen-bond donors (Lipinski definition) is 1. The highest BCUT2D eigenvalue weighted by Gasteiger charge is 1.96. The maximum atomic E-state index is 10.2. The number of aromatic nitrogens is 3. The van der Waals surface area contributed by atoms with Crippen molar-refractivity contribution in [2.75, 3.05) is 0 Å². The first-order chi connectivity index (χ1) is 6.79. The molecule has 78 valence electrons. The summed E-state index contributed by atoms with van der Waals surface area (Å²) in [4.78, 5) is 10.2. The quantitative estimate of drug-likeness (QED) is 0.669. The van der Waals surface area contributed by atoms with Crippen LogP contribution >= 0.6 is 0 Å². The minimum Gasteiger partial charge on any atom is -0.481 e. The number of carbonyl (C=O) groups is 1. The maximum absolute atomic E-state index is 10.2. The molecule has 5 heteroatoms. The minimum atomic E-state index is -0.705. The number of aliphatic carboxylic acids is 1. The molecule has 1 N–H and O–H groups in total. The minimum absolute atomic E-state index is 0.284. The highest BCUT2D eigenvalue weighted by Crippen LogP contribution is 2.04. The number of rotatable bonds is 7. The van der Waals surface area contributed by atoms with Crippen molar-refractivity contribution in [2.24, 2.45) is 0 Å². The van der Waals surface area contributed by atoms with Crippen LogP contribution in [0.25, 0.3) is 0 Å². The van der Waals surface area contributed by atoms with Crippen molar-refractivity contribution in [3.05, 3.63) is 12.7 Å². The van der Waals surface area contributed by atoms with Gasteiger partial charge >= 0.3 is 5.97 Å². The fourth-order valence-corrected chi connectivity index (χ4v) is 1.26. The van der Waals surface area contributed by atoms with Crippen LogP contribution in [0.3, 0.4) is 0 Å². The van der Waals surface area contributed by atoms with Gasteiger partial charge in [0.25, 0.3) is 0 Å². The van der Waals surface area contributed by atoms with Gasteiger partial charge in [-0.25, -0.2) is 0 Å². The van der Waals surface area contributed by atoms with Gasteiger partial charge in [0.15, 0.2) is 0 Å². The zero-order valence-electron chi connectivity index (χ0n) is 8.09. The van der Waals surface area contributed by atoms with E-state index >= 15 is 0 Å². The zero-order chi connectivity index (χ0) is 10.2. The van der Waals surface area contributed by atoms with E-state index in [2.05, 4.69) is 10.2 Å². The average molecular weight is 197 g/mol. The molecular formula is C9H15N3O2. The summed E-state index contributed by atoms with van der Waals surface area (Å²) in [5.74, 6) is -0.705. The van der Waals surface area contributed by atoms with Crippen molar-refractivity contribution < 1.29 is 9.90 Å². The number of unbranched alkanes of at least 4 members (excludes halogenated alkanes) is 3. The van der Waals surface area contributed by atoms with Crippen LogP contribution in [0.2, 0.25) is 0 Å². The van der Waals surface area contributed by atoms with E-state index in [1.165, 1.54) is 0 Å². The van der Waals surface area contributed by atoms with Gasteiger partial charge in [-0.2, -0.15) is 0 Å². The summed E-state index contributed by atoms with van der Waals surface area (Å²) in [5, 5.41) is 15.8. The van der Waals surface area contributed by atoms with E-state index in [1.54, 1.807) is 12.7 Å². The smallest absolute Gasteiger partial charge is 0.303 e. The Kier molecular flexibility index (Phi) is 4.68. The second kappa shape index (κ2) is 6.12. The van der Waals surface area contributed by atoms with E-state index in [0.717, 1.165) is 32.2 Å². The monoisotopic (exact) mass is 197 g/mol. The zero-order valence-corrected chi connectivity index (χ0v) is 8.09. The molecule has 1 heterocycles. The highest BCUT2D eigenvalue weighted by atomic mass is 16.4. The van der Waals surface area contributed by atoms with Gasteiger partial charge in [0.05, 0.1) is 0 Å². The Bertz CT molecular complexity index is 259. The largest absolute Gasteiger partial charge is 0.481 e. The number of carboxylic acid groups (broad SMARTS) is 1. The number of nitrogens with zero attached hydrogens (tertiary/aromatic N) is 3. The molecule has 14 heavy (non-hydrogen) atoms. The first kappa shape index (κ1) is 10.7. The second-order valence-electron chi connectivity index (χ2n) is 3.26. The summed E-state index contributed by atoms with van der Waals surface area (Å²) in [6.07, 6.45) is 7.54. The van der Waals surface area contributed by atoms with E-state index in [0.29, 0.717) is 0 Å². The van der Waals surface area contributed by atoms with Crippen molar-refractivity contribution in [2.45, 2.75) is 38.6 Å². The molecule has 0 bridgehead atoms. The second-order valence-corrected chi connectivity index (χ2v) is 3.26. The van der Waals surface area contributed by atoms with Gasteiger partial charge in [-0.05, 0) is 12.8 Å². The average Bonchev–Trinajstić information content (AvgIpc) is 2.63. The van der Waals surface area contributed by atoms with Gasteiger partial charge in [-0.3, -0.25) is 4.79 Å². The summed E-state index contributed by atoms with van der Waals surface area (Å²) in [6.45, 7) is 0.917. The molecule has 0 amide bonds. The molecule has 0 radical (unpaired) electrons. The van der Waals surface area contributed by atoms with Crippen LogP contribution in [-0.4, -0.2) is 25.8 Å². The SMILES string of the molecule is O=C(O)CCCCCCn1cnnc1. The lowest BCUT2D eigenvalue weighted by Gasteiger charge is -2.00. The molecule has 0 saturated carbocycles. The van der Waals surface area contributed by atoms with Crippen LogP contribution in [0.15, 0.2) is 12.7 Å². The number of carboxylic acids is 1. The molecule has 0 atom stereocenters. The van der Waals surface area contributed by atoms with Crippen LogP contribution < -0.4 is 0 Å². The van der Waals surface area contributed by atoms with Gasteiger partial charge in [0.2, 0.25) is 0 Å². The molecule has 0 unspecified atom stereocenters. The fraction of sp³-hybridized carbons (Fsp3) is 0.667. The fourth-order valence-electron chi connectivity index (χ4n) is 1.26. The van der Waals surface area contributed by atoms with E-state index in [-0.39, 0.29) is 6.42 Å². The summed E-state index contributed by atoms with van der Waals surface area (Å²) in [7, 11) is 0. The molecule has 5 nitrogen and oxygen atoms in total. The van der Waals surface area contributed by atoms with Gasteiger partial charge < -0.3 is 9.67 Å². The van der Waals surface area contributed by atoms with Crippen molar-refractivity contribution in [3.63, 3.8) is 0 Å². The summed E-state index contributed by atoms with van der Waals surface area (Å²) < 4.78 is 1.93. The lowest BCUT2D eigenvalue weighted by molar-refractivity contribution is -0.137. The van der Waals surface area contributed by atoms with Gasteiger partial charge in [-0.15, -0.1) is 10.2 Å². The third kappa shape index (κ3) is 4.59. The molecule has 0 aliphatic heterocycles. The van der Waals surface area contributed by atoms with Gasteiger partial charge in [0, 0.05) is 13.0 Å². The molecule has 0 saturated heterocycles. The Hall–Kier alpha value is -1.39. The molecule has 0 spiro atoms. The predicted octanol–water partition coefficient (Wildman–Crippen LogP) is 1.31. The van der Waals surface area contributed by atoms with Crippen LogP contribution in [0.4, 0.5) is 0 Å². The Morgan fingerprint density at radius 3 is 2.43 bits per heavy atom. The van der Waals surface area contributed by atoms with Crippen molar-refractivity contribution in [1.82, 2.24) is 14.8 Å². The first-order valence-corrected chi connectivity index (χ1v) is 4.83. The number of hydrogen-bond acceptors (Lipinski definition) is 3. The molecule has 1 aromatic rings. The lowest BCUT2D eigenvalue weighted by Crippen LogP contribution is -1.96. The van der Waals surface area contributed by atoms with Crippen molar-refractivity contribution >= 4 is 5.97 Å². The van der Waals surface area contributed by atoms with Crippen LogP contribution in [0.1, 0.15) is 32.1 Å². The summed E-state index contributed by atoms with van der Waals surface area (Å²) >= 11 is 0. The summed E-state index contributed by atoms with van der Waals surface area (Å²) in [6, 6.07) is 0. The Labute approximate surface area is 82.8 Å². The van der Waals surface area contributed by atoms with Crippen LogP contribution in [-0.2, 0) is 11.3 Å². The Morgan fingerprint density at radius 1 is 1.14 bits per heavy atom. The molecule has 0 aliphatic rings. The van der Waals surface area contributed by atoms with Gasteiger partial charge in [0.1, 0.15) is 12.7 Å². The van der Waals surface area contributed by atoms with Gasteiger partial charge in [-0.1, -0.05) is 12.8 Å². The van der Waals surface area contributed by atoms with Crippen molar-refractivity contribution in [1.29, 1.82) is 0 Å². The normalized spacial score (nSPS) is 10.3. The van der Waals surface area contributed by atoms with Crippen LogP contribution in [0.5, 0.6) is 0 Å². The van der Waals surface area contributed by atoms with E-state index < -0.39 is 5.97 Å². The van der Waals surface area contributed by atoms with Crippen molar-refractivity contribution in [3.8, 4) is 0 Å². The Balaban J connectivity index is 1.92. The standard InChI is InChI=1S/C9H15N3O2/c13-9(14)5-3-1-2-4-6-12-7-10-11-8-12/h7-8H,1-6H2,(H,13,14). The third-order valence-electron chi connectivity index (χ3n) is 2.02. The molecule has 0 aliphatic carbocycles. The molecule has 1 rings (SSSR count). The number of aryl methyl sites for hydroxylation is 1. The third-order valence-corrected chi connectivity index (χ3v) is 2.02. The maximum Gasteiger partial charge on any atom is 0.303 e. The van der Waals surface area contributed by atoms with E-state index in [4.69, 9.17) is 5.11 Å². The first-order valence-electron chi connectivity index (χ1n) is 4.83. The molecule has 1 aromatic heterocycles. The topological polar surface area (TPSA) is 68.0 Å². The molecular weight excluding hydrogens is 182 g/mol. The van der Waals surface area contributed by atoms with Crippen LogP contribution in [0, 0.1) is 0 Å². The predicted molar refractivity (Wildman–Crippen MR) is 50.7 cm³/mol.